The molecule has 0 spiro atoms. The summed E-state index contributed by atoms with van der Waals surface area (Å²) in [6.45, 7) is 10.0. The molecule has 0 aliphatic heterocycles. The fourth-order valence-corrected chi connectivity index (χ4v) is 2.84. The molecule has 2 atom stereocenters. The number of aliphatic hydroxyl groups excluding tert-OH is 2. The molecule has 0 heterocycles. The summed E-state index contributed by atoms with van der Waals surface area (Å²) in [5.74, 6) is 2.65. The normalized spacial score (nSPS) is 12.0. The molecule has 8 nitrogen and oxygen atoms in total. The average Bonchev–Trinajstić information content (AvgIpc) is 2.74. The first kappa shape index (κ1) is 25.1. The Morgan fingerprint density at radius 2 is 1.97 bits per heavy atom. The van der Waals surface area contributed by atoms with Gasteiger partial charge in [0.1, 0.15) is 0 Å². The van der Waals surface area contributed by atoms with Gasteiger partial charge in [-0.15, -0.1) is 0 Å². The molecule has 2 rings (SSSR count). The van der Waals surface area contributed by atoms with Crippen molar-refractivity contribution in [3.05, 3.63) is 75.1 Å². The van der Waals surface area contributed by atoms with Crippen LogP contribution in [0.3, 0.4) is 0 Å². The minimum absolute atomic E-state index is 0.0777. The molecule has 0 radical (unpaired) electrons. The maximum absolute atomic E-state index is 11.0. The number of aliphatic carboxylic acids is 1. The summed E-state index contributed by atoms with van der Waals surface area (Å²) in [7, 11) is 0. The van der Waals surface area contributed by atoms with Gasteiger partial charge in [0.25, 0.3) is 5.91 Å². The average molecular weight is 434 g/mol. The Hall–Kier alpha value is -2.96. The van der Waals surface area contributed by atoms with E-state index < -0.39 is 18.0 Å². The van der Waals surface area contributed by atoms with E-state index in [4.69, 9.17) is 34.2 Å². The molecule has 0 aliphatic carbocycles. The summed E-state index contributed by atoms with van der Waals surface area (Å²) < 4.78 is 0. The molecule has 0 unspecified atom stereocenters. The van der Waals surface area contributed by atoms with Crippen molar-refractivity contribution in [1.82, 2.24) is 5.43 Å². The highest BCUT2D eigenvalue weighted by molar-refractivity contribution is 6.34. The van der Waals surface area contributed by atoms with Crippen LogP contribution in [0.4, 0.5) is 5.69 Å². The summed E-state index contributed by atoms with van der Waals surface area (Å²) in [4.78, 5) is 25.3. The summed E-state index contributed by atoms with van der Waals surface area (Å²) >= 11 is 6.02. The Morgan fingerprint density at radius 3 is 2.47 bits per heavy atom. The topological polar surface area (TPSA) is 137 Å². The third kappa shape index (κ3) is 6.83. The molecule has 0 saturated carbocycles. The van der Waals surface area contributed by atoms with Gasteiger partial charge in [-0.1, -0.05) is 35.9 Å². The molecular formula is C21H24ClN3O5. The van der Waals surface area contributed by atoms with E-state index in [0.717, 1.165) is 5.56 Å². The van der Waals surface area contributed by atoms with Crippen molar-refractivity contribution in [2.24, 2.45) is 11.8 Å². The van der Waals surface area contributed by atoms with Gasteiger partial charge in [-0.25, -0.2) is 10.7 Å². The van der Waals surface area contributed by atoms with Crippen LogP contribution >= 0.6 is 11.6 Å². The number of hydrogen-bond acceptors (Lipinski definition) is 5. The molecule has 0 fully saturated rings. The second-order valence-electron chi connectivity index (χ2n) is 6.52. The van der Waals surface area contributed by atoms with E-state index in [2.05, 4.69) is 4.85 Å². The van der Waals surface area contributed by atoms with E-state index in [1.807, 2.05) is 5.43 Å². The number of hydrogen-bond donors (Lipinski definition) is 5. The zero-order valence-electron chi connectivity index (χ0n) is 16.6. The smallest absolute Gasteiger partial charge is 0.309 e. The molecular weight excluding hydrogens is 410 g/mol. The van der Waals surface area contributed by atoms with Crippen molar-refractivity contribution in [2.45, 2.75) is 33.0 Å². The standard InChI is InChI=1S/C13H14ClNO3.C8H10N2O2/c1-7-9(4-5-11(15-3)12(7)14)6-10(8(2)16)13(17)18;9-10-8(12)7-3-1-2-6(4-7)5-11/h4-5,8,10,16H,6H2,1-2H3,(H,17,18);1-4,11H,5,9H2,(H,10,12)/t8-,10+;/m0./s1. The number of nitrogens with one attached hydrogen (secondary N) is 1. The van der Waals surface area contributed by atoms with Crippen LogP contribution in [-0.2, 0) is 17.8 Å². The van der Waals surface area contributed by atoms with E-state index in [0.29, 0.717) is 27.4 Å². The first-order valence-electron chi connectivity index (χ1n) is 8.93. The van der Waals surface area contributed by atoms with Gasteiger partial charge in [0.15, 0.2) is 0 Å². The van der Waals surface area contributed by atoms with Crippen LogP contribution < -0.4 is 11.3 Å². The lowest BCUT2D eigenvalue weighted by atomic mass is 9.92. The number of nitrogen functional groups attached to an aromatic ring is 1. The number of nitrogens with zero attached hydrogens (tertiary/aromatic N) is 1. The predicted octanol–water partition coefficient (Wildman–Crippen LogP) is 2.61. The Bertz CT molecular complexity index is 941. The minimum atomic E-state index is -1.05. The Labute approximate surface area is 179 Å². The molecule has 0 aromatic heterocycles. The third-order valence-corrected chi connectivity index (χ3v) is 4.92. The Morgan fingerprint density at radius 1 is 1.30 bits per heavy atom. The molecule has 0 bridgehead atoms. The van der Waals surface area contributed by atoms with Gasteiger partial charge in [-0.2, -0.15) is 0 Å². The number of carboxylic acids is 1. The number of benzene rings is 2. The van der Waals surface area contributed by atoms with E-state index >= 15 is 0 Å². The summed E-state index contributed by atoms with van der Waals surface area (Å²) in [5, 5.41) is 27.6. The van der Waals surface area contributed by atoms with Gasteiger partial charge in [-0.3, -0.25) is 15.0 Å². The van der Waals surface area contributed by atoms with Gasteiger partial charge in [-0.05, 0) is 49.1 Å². The van der Waals surface area contributed by atoms with Crippen molar-refractivity contribution in [3.8, 4) is 0 Å². The Kier molecular flexibility index (Phi) is 9.95. The van der Waals surface area contributed by atoms with Crippen molar-refractivity contribution in [2.75, 3.05) is 0 Å². The number of rotatable bonds is 6. The van der Waals surface area contributed by atoms with Crippen LogP contribution in [0, 0.1) is 19.4 Å². The maximum Gasteiger partial charge on any atom is 0.309 e. The molecule has 1 amide bonds. The largest absolute Gasteiger partial charge is 0.481 e. The third-order valence-electron chi connectivity index (χ3n) is 4.44. The summed E-state index contributed by atoms with van der Waals surface area (Å²) in [6.07, 6.45) is -0.752. The number of hydrazine groups is 1. The van der Waals surface area contributed by atoms with Crippen LogP contribution in [0.5, 0.6) is 0 Å². The maximum atomic E-state index is 11.0. The predicted molar refractivity (Wildman–Crippen MR) is 113 cm³/mol. The number of carbonyl (C=O) groups is 2. The van der Waals surface area contributed by atoms with E-state index in [1.54, 1.807) is 43.3 Å². The van der Waals surface area contributed by atoms with Crippen LogP contribution in [0.2, 0.25) is 5.02 Å². The second-order valence-corrected chi connectivity index (χ2v) is 6.89. The van der Waals surface area contributed by atoms with Crippen LogP contribution in [0.15, 0.2) is 36.4 Å². The number of halogens is 1. The number of carboxylic acid groups (broad SMARTS) is 1. The van der Waals surface area contributed by atoms with Crippen LogP contribution in [0.25, 0.3) is 4.85 Å². The van der Waals surface area contributed by atoms with E-state index in [9.17, 15) is 14.7 Å². The first-order chi connectivity index (χ1) is 14.2. The lowest BCUT2D eigenvalue weighted by Crippen LogP contribution is -2.29. The fourth-order valence-electron chi connectivity index (χ4n) is 2.61. The highest BCUT2D eigenvalue weighted by Crippen LogP contribution is 2.31. The van der Waals surface area contributed by atoms with Gasteiger partial charge in [0.2, 0.25) is 5.69 Å². The van der Waals surface area contributed by atoms with Crippen LogP contribution in [-0.4, -0.2) is 33.3 Å². The first-order valence-corrected chi connectivity index (χ1v) is 9.31. The van der Waals surface area contributed by atoms with Crippen molar-refractivity contribution < 1.29 is 24.9 Å². The zero-order chi connectivity index (χ0) is 22.8. The van der Waals surface area contributed by atoms with Crippen molar-refractivity contribution in [3.63, 3.8) is 0 Å². The summed E-state index contributed by atoms with van der Waals surface area (Å²) in [6, 6.07) is 9.89. The monoisotopic (exact) mass is 433 g/mol. The number of carbonyl (C=O) groups excluding carboxylic acids is 1. The number of amides is 1. The molecule has 0 saturated heterocycles. The van der Waals surface area contributed by atoms with E-state index in [-0.39, 0.29) is 18.9 Å². The molecule has 0 aliphatic rings. The molecule has 160 valence electrons. The number of nitrogens with two attached hydrogens (primary N) is 1. The van der Waals surface area contributed by atoms with Gasteiger partial charge in [0.05, 0.1) is 30.2 Å². The number of aliphatic hydroxyl groups is 2. The van der Waals surface area contributed by atoms with Crippen LogP contribution in [0.1, 0.15) is 34.0 Å². The minimum Gasteiger partial charge on any atom is -0.481 e. The molecule has 30 heavy (non-hydrogen) atoms. The molecule has 2 aromatic carbocycles. The van der Waals surface area contributed by atoms with Gasteiger partial charge >= 0.3 is 5.97 Å². The molecule has 2 aromatic rings. The molecule has 6 N–H and O–H groups in total. The van der Waals surface area contributed by atoms with E-state index in [1.165, 1.54) is 6.92 Å². The highest BCUT2D eigenvalue weighted by Gasteiger charge is 2.24. The second kappa shape index (κ2) is 11.9. The quantitative estimate of drug-likeness (QED) is 0.205. The SMILES string of the molecule is NNC(=O)c1cccc(CO)c1.[C-]#[N+]c1ccc(C[C@@H](C(=O)O)[C@H](C)O)c(C)c1Cl. The zero-order valence-corrected chi connectivity index (χ0v) is 17.3. The van der Waals surface area contributed by atoms with Gasteiger partial charge in [0, 0.05) is 5.56 Å². The summed E-state index contributed by atoms with van der Waals surface area (Å²) in [5.41, 5.74) is 4.93. The lowest BCUT2D eigenvalue weighted by Gasteiger charge is -2.17. The van der Waals surface area contributed by atoms with Gasteiger partial charge < -0.3 is 15.3 Å². The van der Waals surface area contributed by atoms with Crippen molar-refractivity contribution >= 4 is 29.2 Å². The lowest BCUT2D eigenvalue weighted by molar-refractivity contribution is -0.145. The Balaban J connectivity index is 0.000000325. The highest BCUT2D eigenvalue weighted by atomic mass is 35.5. The van der Waals surface area contributed by atoms with Crippen molar-refractivity contribution in [1.29, 1.82) is 0 Å². The fraction of sp³-hybridized carbons (Fsp3) is 0.286. The molecule has 9 heteroatoms.